The van der Waals surface area contributed by atoms with E-state index in [0.717, 1.165) is 36.5 Å². The topological polar surface area (TPSA) is 41.1 Å². The predicted octanol–water partition coefficient (Wildman–Crippen LogP) is 4.99. The molecule has 1 aliphatic rings. The minimum Gasteiger partial charge on any atom is -0.341 e. The van der Waals surface area contributed by atoms with Crippen LogP contribution >= 0.6 is 0 Å². The molecule has 0 radical (unpaired) electrons. The van der Waals surface area contributed by atoms with E-state index in [2.05, 4.69) is 64.6 Å². The molecule has 1 N–H and O–H groups in total. The molecular weight excluding hydrogens is 332 g/mol. The van der Waals surface area contributed by atoms with Crippen LogP contribution in [-0.2, 0) is 6.42 Å². The van der Waals surface area contributed by atoms with E-state index in [1.54, 1.807) is 0 Å². The number of anilines is 3. The second kappa shape index (κ2) is 8.21. The van der Waals surface area contributed by atoms with Crippen LogP contribution < -0.4 is 10.2 Å². The number of hydrogen-bond acceptors (Lipinski definition) is 4. The summed E-state index contributed by atoms with van der Waals surface area (Å²) in [6, 6.07) is 21.0. The van der Waals surface area contributed by atoms with Crippen LogP contribution in [0.5, 0.6) is 0 Å². The first-order valence-corrected chi connectivity index (χ1v) is 9.72. The number of benzene rings is 2. The molecule has 0 amide bonds. The van der Waals surface area contributed by atoms with Crippen molar-refractivity contribution in [2.45, 2.75) is 26.2 Å². The van der Waals surface area contributed by atoms with Gasteiger partial charge in [0.15, 0.2) is 0 Å². The third-order valence-corrected chi connectivity index (χ3v) is 5.32. The summed E-state index contributed by atoms with van der Waals surface area (Å²) in [6.45, 7) is 4.14. The Kier molecular flexibility index (Phi) is 5.33. The number of para-hydroxylation sites is 1. The summed E-state index contributed by atoms with van der Waals surface area (Å²) in [5, 5.41) is 3.42. The molecule has 1 saturated heterocycles. The van der Waals surface area contributed by atoms with Gasteiger partial charge in [-0.3, -0.25) is 0 Å². The predicted molar refractivity (Wildman–Crippen MR) is 112 cm³/mol. The van der Waals surface area contributed by atoms with Crippen LogP contribution in [0.4, 0.5) is 17.5 Å². The van der Waals surface area contributed by atoms with Crippen molar-refractivity contribution >= 4 is 17.5 Å². The van der Waals surface area contributed by atoms with Gasteiger partial charge < -0.3 is 10.2 Å². The number of aromatic nitrogens is 2. The SMILES string of the molecule is Cc1ccccc1Nc1ccnc(N2CCC(Cc3ccccc3)CC2)n1. The molecule has 2 aromatic carbocycles. The average molecular weight is 358 g/mol. The van der Waals surface area contributed by atoms with Gasteiger partial charge in [0.1, 0.15) is 5.82 Å². The molecule has 138 valence electrons. The molecule has 27 heavy (non-hydrogen) atoms. The number of rotatable bonds is 5. The number of nitrogens with one attached hydrogen (secondary N) is 1. The van der Waals surface area contributed by atoms with Gasteiger partial charge in [0.05, 0.1) is 0 Å². The van der Waals surface area contributed by atoms with E-state index in [0.29, 0.717) is 0 Å². The highest BCUT2D eigenvalue weighted by molar-refractivity contribution is 5.60. The molecule has 0 unspecified atom stereocenters. The number of aryl methyl sites for hydroxylation is 1. The van der Waals surface area contributed by atoms with Gasteiger partial charge in [0, 0.05) is 25.0 Å². The van der Waals surface area contributed by atoms with Crippen LogP contribution in [-0.4, -0.2) is 23.1 Å². The summed E-state index contributed by atoms with van der Waals surface area (Å²) in [4.78, 5) is 11.6. The Hall–Kier alpha value is -2.88. The molecule has 4 nitrogen and oxygen atoms in total. The van der Waals surface area contributed by atoms with Gasteiger partial charge in [-0.1, -0.05) is 48.5 Å². The Morgan fingerprint density at radius 2 is 1.70 bits per heavy atom. The highest BCUT2D eigenvalue weighted by Gasteiger charge is 2.21. The first kappa shape index (κ1) is 17.5. The molecule has 0 saturated carbocycles. The van der Waals surface area contributed by atoms with Crippen molar-refractivity contribution in [1.82, 2.24) is 9.97 Å². The maximum Gasteiger partial charge on any atom is 0.227 e. The molecule has 2 heterocycles. The molecule has 4 heteroatoms. The summed E-state index contributed by atoms with van der Waals surface area (Å²) in [5.74, 6) is 2.42. The molecule has 0 bridgehead atoms. The zero-order valence-corrected chi connectivity index (χ0v) is 15.8. The number of hydrogen-bond donors (Lipinski definition) is 1. The van der Waals surface area contributed by atoms with E-state index in [1.165, 1.54) is 30.4 Å². The van der Waals surface area contributed by atoms with Crippen molar-refractivity contribution < 1.29 is 0 Å². The molecule has 1 fully saturated rings. The van der Waals surface area contributed by atoms with Crippen molar-refractivity contribution in [1.29, 1.82) is 0 Å². The van der Waals surface area contributed by atoms with Crippen molar-refractivity contribution in [3.8, 4) is 0 Å². The van der Waals surface area contributed by atoms with E-state index in [1.807, 2.05) is 24.4 Å². The molecule has 1 aliphatic heterocycles. The third-order valence-electron chi connectivity index (χ3n) is 5.32. The lowest BCUT2D eigenvalue weighted by Crippen LogP contribution is -2.35. The Morgan fingerprint density at radius 3 is 2.48 bits per heavy atom. The van der Waals surface area contributed by atoms with Crippen molar-refractivity contribution in [2.75, 3.05) is 23.3 Å². The van der Waals surface area contributed by atoms with Crippen molar-refractivity contribution in [3.63, 3.8) is 0 Å². The van der Waals surface area contributed by atoms with Gasteiger partial charge in [0.25, 0.3) is 0 Å². The van der Waals surface area contributed by atoms with E-state index in [9.17, 15) is 0 Å². The van der Waals surface area contributed by atoms with E-state index in [-0.39, 0.29) is 0 Å². The van der Waals surface area contributed by atoms with Gasteiger partial charge >= 0.3 is 0 Å². The first-order valence-electron chi connectivity index (χ1n) is 9.72. The molecule has 4 rings (SSSR count). The average Bonchev–Trinajstić information content (AvgIpc) is 2.71. The molecule has 0 atom stereocenters. The molecule has 1 aromatic heterocycles. The molecule has 0 spiro atoms. The Bertz CT molecular complexity index is 870. The molecule has 0 aliphatic carbocycles. The van der Waals surface area contributed by atoms with Crippen LogP contribution in [0.15, 0.2) is 66.9 Å². The van der Waals surface area contributed by atoms with E-state index in [4.69, 9.17) is 4.98 Å². The maximum atomic E-state index is 4.75. The van der Waals surface area contributed by atoms with Crippen LogP contribution in [0.1, 0.15) is 24.0 Å². The van der Waals surface area contributed by atoms with Gasteiger partial charge in [-0.15, -0.1) is 0 Å². The van der Waals surface area contributed by atoms with Gasteiger partial charge in [-0.05, 0) is 55.4 Å². The smallest absolute Gasteiger partial charge is 0.227 e. The fourth-order valence-corrected chi connectivity index (χ4v) is 3.71. The normalized spacial score (nSPS) is 14.9. The summed E-state index contributed by atoms with van der Waals surface area (Å²) >= 11 is 0. The fourth-order valence-electron chi connectivity index (χ4n) is 3.71. The summed E-state index contributed by atoms with van der Waals surface area (Å²) < 4.78 is 0. The third kappa shape index (κ3) is 4.45. The minimum atomic E-state index is 0.747. The summed E-state index contributed by atoms with van der Waals surface area (Å²) in [5.41, 5.74) is 3.74. The van der Waals surface area contributed by atoms with Gasteiger partial charge in [-0.2, -0.15) is 4.98 Å². The second-order valence-corrected chi connectivity index (χ2v) is 7.30. The van der Waals surface area contributed by atoms with E-state index < -0.39 is 0 Å². The quantitative estimate of drug-likeness (QED) is 0.698. The monoisotopic (exact) mass is 358 g/mol. The lowest BCUT2D eigenvalue weighted by atomic mass is 9.90. The highest BCUT2D eigenvalue weighted by Crippen LogP contribution is 2.25. The number of piperidine rings is 1. The fraction of sp³-hybridized carbons (Fsp3) is 0.304. The zero-order chi connectivity index (χ0) is 18.5. The van der Waals surface area contributed by atoms with Gasteiger partial charge in [0.2, 0.25) is 5.95 Å². The Balaban J connectivity index is 1.38. The van der Waals surface area contributed by atoms with Gasteiger partial charge in [-0.25, -0.2) is 4.98 Å². The lowest BCUT2D eigenvalue weighted by molar-refractivity contribution is 0.400. The Morgan fingerprint density at radius 1 is 0.963 bits per heavy atom. The first-order chi connectivity index (χ1) is 13.3. The van der Waals surface area contributed by atoms with Crippen molar-refractivity contribution in [3.05, 3.63) is 78.0 Å². The number of nitrogens with zero attached hydrogens (tertiary/aromatic N) is 3. The van der Waals surface area contributed by atoms with Crippen LogP contribution in [0.3, 0.4) is 0 Å². The zero-order valence-electron chi connectivity index (χ0n) is 15.8. The van der Waals surface area contributed by atoms with E-state index >= 15 is 0 Å². The summed E-state index contributed by atoms with van der Waals surface area (Å²) in [7, 11) is 0. The lowest BCUT2D eigenvalue weighted by Gasteiger charge is -2.32. The van der Waals surface area contributed by atoms with Crippen molar-refractivity contribution in [2.24, 2.45) is 5.92 Å². The summed E-state index contributed by atoms with van der Waals surface area (Å²) in [6.07, 6.45) is 5.39. The van der Waals surface area contributed by atoms with Crippen LogP contribution in [0.2, 0.25) is 0 Å². The van der Waals surface area contributed by atoms with Crippen LogP contribution in [0.25, 0.3) is 0 Å². The van der Waals surface area contributed by atoms with Crippen LogP contribution in [0, 0.1) is 12.8 Å². The minimum absolute atomic E-state index is 0.747. The largest absolute Gasteiger partial charge is 0.341 e. The highest BCUT2D eigenvalue weighted by atomic mass is 15.3. The second-order valence-electron chi connectivity index (χ2n) is 7.30. The molecule has 3 aromatic rings. The Labute approximate surface area is 161 Å². The standard InChI is InChI=1S/C23H26N4/c1-18-7-5-6-10-21(18)25-22-11-14-24-23(26-22)27-15-12-20(13-16-27)17-19-8-3-2-4-9-19/h2-11,14,20H,12-13,15-17H2,1H3,(H,24,25,26). The molecular formula is C23H26N4. The maximum absolute atomic E-state index is 4.75.